The first-order chi connectivity index (χ1) is 8.56. The number of anilines is 1. The van der Waals surface area contributed by atoms with Gasteiger partial charge in [0.2, 0.25) is 0 Å². The van der Waals surface area contributed by atoms with Gasteiger partial charge in [-0.3, -0.25) is 0 Å². The van der Waals surface area contributed by atoms with Crippen molar-refractivity contribution in [3.8, 4) is 0 Å². The summed E-state index contributed by atoms with van der Waals surface area (Å²) in [6.07, 6.45) is 0. The topological polar surface area (TPSA) is 69.5 Å². The van der Waals surface area contributed by atoms with Crippen LogP contribution in [0.2, 0.25) is 0 Å². The number of aliphatic hydroxyl groups is 2. The number of hydrogen-bond acceptors (Lipinski definition) is 5. The quantitative estimate of drug-likeness (QED) is 0.815. The Hall–Kier alpha value is -1.20. The Morgan fingerprint density at radius 1 is 1.06 bits per heavy atom. The van der Waals surface area contributed by atoms with Crippen LogP contribution in [0.25, 0.3) is 0 Å². The van der Waals surface area contributed by atoms with Crippen molar-refractivity contribution in [3.63, 3.8) is 0 Å². The average molecular weight is 251 g/mol. The van der Waals surface area contributed by atoms with Gasteiger partial charge in [0.15, 0.2) is 0 Å². The van der Waals surface area contributed by atoms with Gasteiger partial charge in [-0.1, -0.05) is 0 Å². The summed E-state index contributed by atoms with van der Waals surface area (Å²) in [5, 5.41) is 18.7. The number of hydrogen-bond donors (Lipinski definition) is 2. The highest BCUT2D eigenvalue weighted by Crippen LogP contribution is 2.29. The van der Waals surface area contributed by atoms with Crippen LogP contribution >= 0.6 is 0 Å². The molecule has 2 heterocycles. The molecule has 1 aromatic rings. The van der Waals surface area contributed by atoms with Crippen LogP contribution in [0.5, 0.6) is 0 Å². The Labute approximate surface area is 107 Å². The van der Waals surface area contributed by atoms with Crippen LogP contribution < -0.4 is 4.90 Å². The van der Waals surface area contributed by atoms with Crippen LogP contribution in [-0.2, 0) is 0 Å². The van der Waals surface area contributed by atoms with Crippen LogP contribution in [0.15, 0.2) is 0 Å². The van der Waals surface area contributed by atoms with Gasteiger partial charge in [0.1, 0.15) is 11.6 Å². The predicted molar refractivity (Wildman–Crippen MR) is 69.6 cm³/mol. The molecule has 1 aliphatic heterocycles. The highest BCUT2D eigenvalue weighted by molar-refractivity contribution is 5.49. The number of nitrogens with zero attached hydrogens (tertiary/aromatic N) is 3. The molecule has 0 unspecified atom stereocenters. The summed E-state index contributed by atoms with van der Waals surface area (Å²) < 4.78 is 0. The molecule has 2 N–H and O–H groups in total. The molecule has 0 spiro atoms. The van der Waals surface area contributed by atoms with E-state index in [0.29, 0.717) is 0 Å². The Balaban J connectivity index is 2.28. The van der Waals surface area contributed by atoms with Crippen molar-refractivity contribution in [1.82, 2.24) is 9.97 Å². The van der Waals surface area contributed by atoms with E-state index in [2.05, 4.69) is 14.9 Å². The van der Waals surface area contributed by atoms with E-state index >= 15 is 0 Å². The van der Waals surface area contributed by atoms with Gasteiger partial charge in [-0.15, -0.1) is 0 Å². The lowest BCUT2D eigenvalue weighted by molar-refractivity contribution is 0.152. The molecule has 0 saturated carbocycles. The van der Waals surface area contributed by atoms with E-state index in [1.54, 1.807) is 0 Å². The zero-order valence-corrected chi connectivity index (χ0v) is 11.2. The lowest BCUT2D eigenvalue weighted by Gasteiger charge is -2.20. The molecule has 0 amide bonds. The Kier molecular flexibility index (Phi) is 3.82. The van der Waals surface area contributed by atoms with Crippen LogP contribution in [0, 0.1) is 32.6 Å². The zero-order valence-electron chi connectivity index (χ0n) is 11.2. The van der Waals surface area contributed by atoms with Gasteiger partial charge in [-0.05, 0) is 20.8 Å². The molecule has 0 aliphatic carbocycles. The van der Waals surface area contributed by atoms with E-state index in [-0.39, 0.29) is 25.0 Å². The highest BCUT2D eigenvalue weighted by Gasteiger charge is 2.33. The van der Waals surface area contributed by atoms with Crippen molar-refractivity contribution in [2.75, 3.05) is 31.2 Å². The zero-order chi connectivity index (χ0) is 13.3. The first-order valence-electron chi connectivity index (χ1n) is 6.35. The average Bonchev–Trinajstić information content (AvgIpc) is 2.76. The lowest BCUT2D eigenvalue weighted by atomic mass is 9.98. The molecule has 5 heteroatoms. The number of aliphatic hydroxyl groups excluding tert-OH is 2. The number of aromatic nitrogens is 2. The molecule has 1 saturated heterocycles. The molecule has 18 heavy (non-hydrogen) atoms. The van der Waals surface area contributed by atoms with Crippen molar-refractivity contribution in [3.05, 3.63) is 17.1 Å². The molecule has 2 atom stereocenters. The van der Waals surface area contributed by atoms with Gasteiger partial charge < -0.3 is 15.1 Å². The summed E-state index contributed by atoms with van der Waals surface area (Å²) in [6, 6.07) is 0. The fraction of sp³-hybridized carbons (Fsp3) is 0.692. The molecule has 1 fully saturated rings. The van der Waals surface area contributed by atoms with Crippen molar-refractivity contribution in [2.24, 2.45) is 11.8 Å². The molecule has 2 rings (SSSR count). The Morgan fingerprint density at radius 2 is 1.61 bits per heavy atom. The largest absolute Gasteiger partial charge is 0.396 e. The van der Waals surface area contributed by atoms with Crippen LogP contribution in [-0.4, -0.2) is 46.5 Å². The van der Waals surface area contributed by atoms with E-state index in [1.807, 2.05) is 20.8 Å². The van der Waals surface area contributed by atoms with Crippen molar-refractivity contribution in [2.45, 2.75) is 20.8 Å². The molecule has 0 bridgehead atoms. The van der Waals surface area contributed by atoms with Crippen molar-refractivity contribution >= 4 is 5.82 Å². The van der Waals surface area contributed by atoms with Gasteiger partial charge in [0.25, 0.3) is 0 Å². The van der Waals surface area contributed by atoms with Gasteiger partial charge in [0, 0.05) is 49.4 Å². The summed E-state index contributed by atoms with van der Waals surface area (Å²) in [4.78, 5) is 11.0. The fourth-order valence-corrected chi connectivity index (χ4v) is 2.58. The molecular formula is C13H21N3O2. The Bertz CT molecular complexity index is 424. The van der Waals surface area contributed by atoms with E-state index in [0.717, 1.165) is 36.0 Å². The second kappa shape index (κ2) is 5.20. The highest BCUT2D eigenvalue weighted by atomic mass is 16.3. The molecule has 5 nitrogen and oxygen atoms in total. The van der Waals surface area contributed by atoms with Crippen LogP contribution in [0.1, 0.15) is 17.1 Å². The smallest absolute Gasteiger partial charge is 0.135 e. The first kappa shape index (κ1) is 13.2. The van der Waals surface area contributed by atoms with Crippen molar-refractivity contribution in [1.29, 1.82) is 0 Å². The fourth-order valence-electron chi connectivity index (χ4n) is 2.58. The van der Waals surface area contributed by atoms with Gasteiger partial charge in [-0.2, -0.15) is 0 Å². The maximum absolute atomic E-state index is 9.34. The number of aryl methyl sites for hydroxylation is 2. The SMILES string of the molecule is Cc1nc(C)c(C)c(N2C[C@H](CO)[C@@H](CO)C2)n1. The summed E-state index contributed by atoms with van der Waals surface area (Å²) in [5.74, 6) is 1.96. The molecular weight excluding hydrogens is 230 g/mol. The predicted octanol–water partition coefficient (Wildman–Crippen LogP) is 0.439. The van der Waals surface area contributed by atoms with Crippen LogP contribution in [0.4, 0.5) is 5.82 Å². The molecule has 1 aromatic heterocycles. The standard InChI is InChI=1S/C13H21N3O2/c1-8-9(2)14-10(3)15-13(8)16-4-11(6-17)12(5-16)7-18/h11-12,17-18H,4-7H2,1-3H3/t11-,12-/m1/s1. The van der Waals surface area contributed by atoms with Gasteiger partial charge in [-0.25, -0.2) is 9.97 Å². The summed E-state index contributed by atoms with van der Waals surface area (Å²) in [5.41, 5.74) is 2.07. The second-order valence-corrected chi connectivity index (χ2v) is 5.10. The molecule has 100 valence electrons. The minimum atomic E-state index is 0.115. The minimum absolute atomic E-state index is 0.115. The van der Waals surface area contributed by atoms with E-state index in [9.17, 15) is 10.2 Å². The minimum Gasteiger partial charge on any atom is -0.396 e. The van der Waals surface area contributed by atoms with Gasteiger partial charge in [0.05, 0.1) is 0 Å². The molecule has 1 aliphatic rings. The third kappa shape index (κ3) is 2.33. The Morgan fingerprint density at radius 3 is 2.11 bits per heavy atom. The normalized spacial score (nSPS) is 23.7. The maximum Gasteiger partial charge on any atom is 0.135 e. The third-order valence-electron chi connectivity index (χ3n) is 3.82. The van der Waals surface area contributed by atoms with Crippen molar-refractivity contribution < 1.29 is 10.2 Å². The summed E-state index contributed by atoms with van der Waals surface area (Å²) >= 11 is 0. The first-order valence-corrected chi connectivity index (χ1v) is 6.35. The van der Waals surface area contributed by atoms with Gasteiger partial charge >= 0.3 is 0 Å². The second-order valence-electron chi connectivity index (χ2n) is 5.10. The number of rotatable bonds is 3. The summed E-state index contributed by atoms with van der Waals surface area (Å²) in [6.45, 7) is 7.62. The molecule has 0 radical (unpaired) electrons. The summed E-state index contributed by atoms with van der Waals surface area (Å²) in [7, 11) is 0. The van der Waals surface area contributed by atoms with E-state index in [4.69, 9.17) is 0 Å². The molecule has 0 aromatic carbocycles. The van der Waals surface area contributed by atoms with E-state index < -0.39 is 0 Å². The third-order valence-corrected chi connectivity index (χ3v) is 3.82. The maximum atomic E-state index is 9.34. The monoisotopic (exact) mass is 251 g/mol. The van der Waals surface area contributed by atoms with E-state index in [1.165, 1.54) is 0 Å². The van der Waals surface area contributed by atoms with Crippen LogP contribution in [0.3, 0.4) is 0 Å². The lowest BCUT2D eigenvalue weighted by Crippen LogP contribution is -2.24.